The van der Waals surface area contributed by atoms with E-state index in [1.165, 1.54) is 29.8 Å². The largest absolute Gasteiger partial charge is 0.490 e. The second-order valence-corrected chi connectivity index (χ2v) is 6.39. The van der Waals surface area contributed by atoms with E-state index < -0.39 is 6.09 Å². The van der Waals surface area contributed by atoms with Crippen molar-refractivity contribution < 1.29 is 18.7 Å². The maximum Gasteiger partial charge on any atom is 0.411 e. The average molecular weight is 331 g/mol. The highest BCUT2D eigenvalue weighted by Gasteiger charge is 2.12. The highest BCUT2D eigenvalue weighted by Crippen LogP contribution is 2.24. The molecule has 0 saturated heterocycles. The Morgan fingerprint density at radius 2 is 1.62 bits per heavy atom. The van der Waals surface area contributed by atoms with Crippen molar-refractivity contribution in [1.29, 1.82) is 0 Å². The topological polar surface area (TPSA) is 47.6 Å². The van der Waals surface area contributed by atoms with Crippen molar-refractivity contribution in [2.75, 3.05) is 18.5 Å². The number of nitrogens with one attached hydrogen (secondary N) is 1. The normalized spacial score (nSPS) is 11.0. The molecule has 5 heteroatoms. The van der Waals surface area contributed by atoms with Gasteiger partial charge in [-0.05, 0) is 47.4 Å². The predicted octanol–water partition coefficient (Wildman–Crippen LogP) is 4.75. The molecule has 0 aromatic heterocycles. The van der Waals surface area contributed by atoms with E-state index in [4.69, 9.17) is 9.47 Å². The first-order valence-electron chi connectivity index (χ1n) is 7.77. The molecule has 2 aromatic carbocycles. The molecular weight excluding hydrogens is 309 g/mol. The number of carbonyl (C=O) groups is 1. The number of halogens is 1. The van der Waals surface area contributed by atoms with Crippen molar-refractivity contribution in [3.63, 3.8) is 0 Å². The highest BCUT2D eigenvalue weighted by molar-refractivity contribution is 5.84. The third-order valence-corrected chi connectivity index (χ3v) is 3.40. The lowest BCUT2D eigenvalue weighted by molar-refractivity contribution is 0.138. The zero-order chi connectivity index (χ0) is 17.6. The summed E-state index contributed by atoms with van der Waals surface area (Å²) in [5.41, 5.74) is 1.80. The van der Waals surface area contributed by atoms with Gasteiger partial charge < -0.3 is 9.47 Å². The minimum atomic E-state index is -0.603. The molecule has 0 bridgehead atoms. The first-order valence-corrected chi connectivity index (χ1v) is 7.77. The summed E-state index contributed by atoms with van der Waals surface area (Å²) in [6, 6.07) is 13.3. The fourth-order valence-corrected chi connectivity index (χ4v) is 2.03. The quantitative estimate of drug-likeness (QED) is 0.804. The molecule has 0 aliphatic rings. The number of anilines is 1. The summed E-state index contributed by atoms with van der Waals surface area (Å²) >= 11 is 0. The Hall–Kier alpha value is -2.56. The number of benzene rings is 2. The summed E-state index contributed by atoms with van der Waals surface area (Å²) in [6.07, 6.45) is -0.603. The van der Waals surface area contributed by atoms with E-state index in [1.807, 2.05) is 24.3 Å². The Morgan fingerprint density at radius 3 is 2.21 bits per heavy atom. The lowest BCUT2D eigenvalue weighted by atomic mass is 9.87. The number of ether oxygens (including phenoxy) is 2. The Kier molecular flexibility index (Phi) is 5.79. The molecule has 24 heavy (non-hydrogen) atoms. The molecule has 0 atom stereocenters. The number of amides is 1. The zero-order valence-electron chi connectivity index (χ0n) is 14.1. The van der Waals surface area contributed by atoms with E-state index in [0.29, 0.717) is 5.69 Å². The van der Waals surface area contributed by atoms with Gasteiger partial charge in [-0.2, -0.15) is 0 Å². The van der Waals surface area contributed by atoms with Crippen molar-refractivity contribution in [2.45, 2.75) is 26.2 Å². The van der Waals surface area contributed by atoms with Crippen LogP contribution in [-0.2, 0) is 10.2 Å². The van der Waals surface area contributed by atoms with E-state index >= 15 is 0 Å². The molecule has 1 amide bonds. The van der Waals surface area contributed by atoms with E-state index in [2.05, 4.69) is 26.1 Å². The molecule has 0 unspecified atom stereocenters. The van der Waals surface area contributed by atoms with Gasteiger partial charge in [0.05, 0.1) is 0 Å². The monoisotopic (exact) mass is 331 g/mol. The second kappa shape index (κ2) is 7.81. The first kappa shape index (κ1) is 17.8. The fraction of sp³-hybridized carbons (Fsp3) is 0.316. The van der Waals surface area contributed by atoms with E-state index in [9.17, 15) is 9.18 Å². The van der Waals surface area contributed by atoms with Gasteiger partial charge >= 0.3 is 6.09 Å². The average Bonchev–Trinajstić information content (AvgIpc) is 2.53. The first-order chi connectivity index (χ1) is 11.3. The van der Waals surface area contributed by atoms with Crippen molar-refractivity contribution in [1.82, 2.24) is 0 Å². The SMILES string of the molecule is CC(C)(C)c1ccc(OCCOC(=O)Nc2ccc(F)cc2)cc1. The van der Waals surface area contributed by atoms with Gasteiger partial charge in [-0.1, -0.05) is 32.9 Å². The third kappa shape index (κ3) is 5.57. The van der Waals surface area contributed by atoms with Crippen LogP contribution in [0.5, 0.6) is 5.75 Å². The molecule has 0 spiro atoms. The van der Waals surface area contributed by atoms with Crippen LogP contribution in [0.15, 0.2) is 48.5 Å². The predicted molar refractivity (Wildman–Crippen MR) is 92.0 cm³/mol. The van der Waals surface area contributed by atoms with Crippen LogP contribution in [0.2, 0.25) is 0 Å². The summed E-state index contributed by atoms with van der Waals surface area (Å²) in [7, 11) is 0. The summed E-state index contributed by atoms with van der Waals surface area (Å²) in [5.74, 6) is 0.366. The highest BCUT2D eigenvalue weighted by atomic mass is 19.1. The number of hydrogen-bond acceptors (Lipinski definition) is 3. The number of rotatable bonds is 5. The van der Waals surface area contributed by atoms with E-state index in [-0.39, 0.29) is 24.4 Å². The molecule has 0 aliphatic carbocycles. The Labute approximate surface area is 141 Å². The maximum absolute atomic E-state index is 12.8. The van der Waals surface area contributed by atoms with Crippen molar-refractivity contribution in [2.24, 2.45) is 0 Å². The van der Waals surface area contributed by atoms with Crippen LogP contribution in [0.3, 0.4) is 0 Å². The Bertz CT molecular complexity index is 661. The van der Waals surface area contributed by atoms with Gasteiger partial charge in [-0.15, -0.1) is 0 Å². The van der Waals surface area contributed by atoms with Gasteiger partial charge in [0.2, 0.25) is 0 Å². The summed E-state index contributed by atoms with van der Waals surface area (Å²) in [5, 5.41) is 2.51. The molecule has 1 N–H and O–H groups in total. The van der Waals surface area contributed by atoms with Gasteiger partial charge in [-0.25, -0.2) is 9.18 Å². The lowest BCUT2D eigenvalue weighted by Gasteiger charge is -2.19. The second-order valence-electron chi connectivity index (χ2n) is 6.39. The van der Waals surface area contributed by atoms with E-state index in [0.717, 1.165) is 5.75 Å². The van der Waals surface area contributed by atoms with Crippen LogP contribution in [0.4, 0.5) is 14.9 Å². The van der Waals surface area contributed by atoms with Crippen LogP contribution >= 0.6 is 0 Å². The van der Waals surface area contributed by atoms with Crippen molar-refractivity contribution in [3.05, 3.63) is 59.9 Å². The van der Waals surface area contributed by atoms with Gasteiger partial charge in [0, 0.05) is 5.69 Å². The molecule has 4 nitrogen and oxygen atoms in total. The number of carbonyl (C=O) groups excluding carboxylic acids is 1. The minimum absolute atomic E-state index is 0.0973. The minimum Gasteiger partial charge on any atom is -0.490 e. The summed E-state index contributed by atoms with van der Waals surface area (Å²) in [4.78, 5) is 11.6. The standard InChI is InChI=1S/C19H22FNO3/c1-19(2,3)14-4-10-17(11-5-14)23-12-13-24-18(22)21-16-8-6-15(20)7-9-16/h4-11H,12-13H2,1-3H3,(H,21,22). The van der Waals surface area contributed by atoms with Gasteiger partial charge in [0.25, 0.3) is 0 Å². The van der Waals surface area contributed by atoms with Crippen LogP contribution in [-0.4, -0.2) is 19.3 Å². The fourth-order valence-electron chi connectivity index (χ4n) is 2.03. The maximum atomic E-state index is 12.8. The van der Waals surface area contributed by atoms with Crippen molar-refractivity contribution in [3.8, 4) is 5.75 Å². The van der Waals surface area contributed by atoms with Crippen LogP contribution < -0.4 is 10.1 Å². The molecule has 0 saturated carbocycles. The molecular formula is C19H22FNO3. The van der Waals surface area contributed by atoms with Crippen LogP contribution in [0, 0.1) is 5.82 Å². The van der Waals surface area contributed by atoms with Crippen molar-refractivity contribution >= 4 is 11.8 Å². The Balaban J connectivity index is 1.70. The van der Waals surface area contributed by atoms with Gasteiger partial charge in [0.15, 0.2) is 0 Å². The smallest absolute Gasteiger partial charge is 0.411 e. The molecule has 0 fully saturated rings. The molecule has 0 aliphatic heterocycles. The molecule has 0 heterocycles. The summed E-state index contributed by atoms with van der Waals surface area (Å²) in [6.45, 7) is 6.82. The number of hydrogen-bond donors (Lipinski definition) is 1. The van der Waals surface area contributed by atoms with E-state index in [1.54, 1.807) is 0 Å². The van der Waals surface area contributed by atoms with Gasteiger partial charge in [0.1, 0.15) is 24.8 Å². The van der Waals surface area contributed by atoms with Crippen LogP contribution in [0.25, 0.3) is 0 Å². The third-order valence-electron chi connectivity index (χ3n) is 3.40. The lowest BCUT2D eigenvalue weighted by Crippen LogP contribution is -2.17. The summed E-state index contributed by atoms with van der Waals surface area (Å²) < 4.78 is 23.3. The van der Waals surface area contributed by atoms with Crippen LogP contribution in [0.1, 0.15) is 26.3 Å². The zero-order valence-corrected chi connectivity index (χ0v) is 14.1. The molecule has 2 rings (SSSR count). The molecule has 2 aromatic rings. The Morgan fingerprint density at radius 1 is 1.00 bits per heavy atom. The molecule has 0 radical (unpaired) electrons. The van der Waals surface area contributed by atoms with Gasteiger partial charge in [-0.3, -0.25) is 5.32 Å². The molecule has 128 valence electrons.